The maximum atomic E-state index is 11.0. The summed E-state index contributed by atoms with van der Waals surface area (Å²) in [6.07, 6.45) is 1.43. The first kappa shape index (κ1) is 14.1. The van der Waals surface area contributed by atoms with Crippen LogP contribution in [0.5, 0.6) is 0 Å². The number of carbonyl (C=O) groups is 1. The van der Waals surface area contributed by atoms with E-state index in [1.54, 1.807) is 0 Å². The second-order valence-corrected chi connectivity index (χ2v) is 3.24. The first-order valence-corrected chi connectivity index (χ1v) is 5.20. The summed E-state index contributed by atoms with van der Waals surface area (Å²) in [7, 11) is 0. The Morgan fingerprint density at radius 2 is 2.07 bits per heavy atom. The van der Waals surface area contributed by atoms with Gasteiger partial charge in [-0.1, -0.05) is 20.4 Å². The van der Waals surface area contributed by atoms with Gasteiger partial charge in [0, 0.05) is 5.57 Å². The van der Waals surface area contributed by atoms with Gasteiger partial charge in [0.05, 0.1) is 0 Å². The quantitative estimate of drug-likeness (QED) is 0.464. The Kier molecular flexibility index (Phi) is 7.89. The van der Waals surface area contributed by atoms with E-state index in [9.17, 15) is 10.0 Å². The molecule has 0 saturated heterocycles. The molecular formula is C10H20N2O3. The SMILES string of the molecule is C=C(CCCN(CC)CC)C(=O)O[NH2+][O-]. The molecule has 0 aromatic rings. The molecule has 0 rings (SSSR count). The van der Waals surface area contributed by atoms with Crippen LogP contribution < -0.4 is 5.64 Å². The molecule has 0 aliphatic heterocycles. The van der Waals surface area contributed by atoms with E-state index in [-0.39, 0.29) is 5.64 Å². The number of nitrogens with zero attached hydrogens (tertiary/aromatic N) is 1. The Morgan fingerprint density at radius 1 is 1.47 bits per heavy atom. The highest BCUT2D eigenvalue weighted by Crippen LogP contribution is 2.04. The molecule has 0 aromatic carbocycles. The minimum Gasteiger partial charge on any atom is -0.592 e. The summed E-state index contributed by atoms with van der Waals surface area (Å²) in [4.78, 5) is 17.4. The Morgan fingerprint density at radius 3 is 2.53 bits per heavy atom. The molecule has 0 saturated carbocycles. The van der Waals surface area contributed by atoms with Gasteiger partial charge in [-0.05, 0) is 32.5 Å². The monoisotopic (exact) mass is 216 g/mol. The highest BCUT2D eigenvalue weighted by atomic mass is 16.9. The topological polar surface area (TPSA) is 69.2 Å². The van der Waals surface area contributed by atoms with Crippen molar-refractivity contribution in [2.45, 2.75) is 26.7 Å². The molecule has 0 heterocycles. The average molecular weight is 216 g/mol. The number of rotatable bonds is 8. The molecule has 0 aliphatic carbocycles. The molecule has 5 heteroatoms. The lowest BCUT2D eigenvalue weighted by Crippen LogP contribution is -2.77. The smallest absolute Gasteiger partial charge is 0.393 e. The van der Waals surface area contributed by atoms with Crippen molar-refractivity contribution in [3.8, 4) is 0 Å². The van der Waals surface area contributed by atoms with Crippen LogP contribution in [0.15, 0.2) is 12.2 Å². The summed E-state index contributed by atoms with van der Waals surface area (Å²) < 4.78 is 0. The second kappa shape index (κ2) is 8.40. The summed E-state index contributed by atoms with van der Waals surface area (Å²) in [6.45, 7) is 10.7. The summed E-state index contributed by atoms with van der Waals surface area (Å²) >= 11 is 0. The third kappa shape index (κ3) is 6.22. The Labute approximate surface area is 90.6 Å². The molecule has 0 aliphatic rings. The molecule has 88 valence electrons. The van der Waals surface area contributed by atoms with Gasteiger partial charge in [-0.3, -0.25) is 4.84 Å². The van der Waals surface area contributed by atoms with Gasteiger partial charge in [0.1, 0.15) is 0 Å². The fourth-order valence-corrected chi connectivity index (χ4v) is 1.28. The second-order valence-electron chi connectivity index (χ2n) is 3.24. The number of hydrogen-bond acceptors (Lipinski definition) is 4. The molecule has 0 amide bonds. The molecule has 0 bridgehead atoms. The first-order valence-electron chi connectivity index (χ1n) is 5.20. The normalized spacial score (nSPS) is 10.4. The van der Waals surface area contributed by atoms with Crippen molar-refractivity contribution >= 4 is 5.97 Å². The minimum atomic E-state index is -0.621. The van der Waals surface area contributed by atoms with Crippen molar-refractivity contribution in [1.82, 2.24) is 4.90 Å². The number of carbonyl (C=O) groups excluding carboxylic acids is 1. The largest absolute Gasteiger partial charge is 0.592 e. The van der Waals surface area contributed by atoms with Crippen molar-refractivity contribution in [3.63, 3.8) is 0 Å². The van der Waals surface area contributed by atoms with Gasteiger partial charge in [0.2, 0.25) is 0 Å². The van der Waals surface area contributed by atoms with Crippen molar-refractivity contribution in [2.24, 2.45) is 0 Å². The van der Waals surface area contributed by atoms with E-state index >= 15 is 0 Å². The van der Waals surface area contributed by atoms with Crippen LogP contribution in [-0.4, -0.2) is 30.5 Å². The fraction of sp³-hybridized carbons (Fsp3) is 0.700. The van der Waals surface area contributed by atoms with E-state index in [1.807, 2.05) is 0 Å². The molecule has 0 aromatic heterocycles. The Hall–Kier alpha value is -0.910. The lowest BCUT2D eigenvalue weighted by atomic mass is 10.1. The van der Waals surface area contributed by atoms with Gasteiger partial charge in [-0.15, -0.1) is 0 Å². The highest BCUT2D eigenvalue weighted by Gasteiger charge is 2.09. The fourth-order valence-electron chi connectivity index (χ4n) is 1.28. The van der Waals surface area contributed by atoms with Gasteiger partial charge in [0.15, 0.2) is 0 Å². The van der Waals surface area contributed by atoms with Gasteiger partial charge in [-0.2, -0.15) is 5.64 Å². The lowest BCUT2D eigenvalue weighted by molar-refractivity contribution is -0.824. The zero-order valence-corrected chi connectivity index (χ0v) is 9.49. The summed E-state index contributed by atoms with van der Waals surface area (Å²) in [6, 6.07) is 0. The number of hydrogen-bond donors (Lipinski definition) is 1. The molecule has 15 heavy (non-hydrogen) atoms. The lowest BCUT2D eigenvalue weighted by Gasteiger charge is -2.17. The van der Waals surface area contributed by atoms with E-state index in [1.165, 1.54) is 0 Å². The number of quaternary nitrogens is 1. The average Bonchev–Trinajstić information content (AvgIpc) is 2.24. The molecule has 5 nitrogen and oxygen atoms in total. The van der Waals surface area contributed by atoms with Crippen LogP contribution in [0.4, 0.5) is 0 Å². The Balaban J connectivity index is 3.67. The van der Waals surface area contributed by atoms with E-state index in [4.69, 9.17) is 0 Å². The molecule has 0 unspecified atom stereocenters. The van der Waals surface area contributed by atoms with Crippen molar-refractivity contribution in [3.05, 3.63) is 17.4 Å². The van der Waals surface area contributed by atoms with Gasteiger partial charge in [0.25, 0.3) is 0 Å². The zero-order valence-electron chi connectivity index (χ0n) is 9.49. The maximum absolute atomic E-state index is 11.0. The van der Waals surface area contributed by atoms with Crippen LogP contribution in [0.1, 0.15) is 26.7 Å². The van der Waals surface area contributed by atoms with E-state index in [0.29, 0.717) is 12.0 Å². The molecular weight excluding hydrogens is 196 g/mol. The first-order chi connectivity index (χ1) is 7.15. The standard InChI is InChI=1S/C10H20N2O3/c1-4-12(5-2)8-6-7-9(3)10(13)15-11-14/h3-8,11H2,1-2H3. The molecule has 0 spiro atoms. The van der Waals surface area contributed by atoms with Crippen molar-refractivity contribution in [1.29, 1.82) is 0 Å². The Bertz CT molecular complexity index is 203. The van der Waals surface area contributed by atoms with Gasteiger partial charge >= 0.3 is 5.97 Å². The third-order valence-electron chi connectivity index (χ3n) is 2.29. The van der Waals surface area contributed by atoms with Crippen LogP contribution in [0, 0.1) is 5.21 Å². The van der Waals surface area contributed by atoms with Crippen LogP contribution >= 0.6 is 0 Å². The van der Waals surface area contributed by atoms with E-state index < -0.39 is 5.97 Å². The molecule has 0 atom stereocenters. The maximum Gasteiger partial charge on any atom is 0.393 e. The van der Waals surface area contributed by atoms with Crippen molar-refractivity contribution < 1.29 is 15.3 Å². The predicted octanol–water partition coefficient (Wildman–Crippen LogP) is 0.184. The van der Waals surface area contributed by atoms with Gasteiger partial charge in [-0.25, -0.2) is 4.79 Å². The highest BCUT2D eigenvalue weighted by molar-refractivity contribution is 5.86. The van der Waals surface area contributed by atoms with Crippen LogP contribution in [0.3, 0.4) is 0 Å². The van der Waals surface area contributed by atoms with Crippen LogP contribution in [0.2, 0.25) is 0 Å². The summed E-state index contributed by atoms with van der Waals surface area (Å²) in [5.41, 5.74) is 0.493. The molecule has 2 N–H and O–H groups in total. The molecule has 0 fully saturated rings. The minimum absolute atomic E-state index is 0.137. The van der Waals surface area contributed by atoms with Crippen LogP contribution in [0.25, 0.3) is 0 Å². The van der Waals surface area contributed by atoms with E-state index in [2.05, 4.69) is 30.2 Å². The summed E-state index contributed by atoms with van der Waals surface area (Å²) in [5.74, 6) is -0.621. The molecule has 0 radical (unpaired) electrons. The summed E-state index contributed by atoms with van der Waals surface area (Å²) in [5, 5.41) is 9.90. The predicted molar refractivity (Wildman–Crippen MR) is 57.5 cm³/mol. The van der Waals surface area contributed by atoms with Crippen molar-refractivity contribution in [2.75, 3.05) is 19.6 Å². The van der Waals surface area contributed by atoms with Gasteiger partial charge < -0.3 is 10.1 Å². The number of nitrogens with two attached hydrogens (primary N) is 1. The van der Waals surface area contributed by atoms with Crippen LogP contribution in [-0.2, 0) is 9.63 Å². The third-order valence-corrected chi connectivity index (χ3v) is 2.29. The van der Waals surface area contributed by atoms with E-state index in [0.717, 1.165) is 26.1 Å². The zero-order chi connectivity index (χ0) is 11.7.